The summed E-state index contributed by atoms with van der Waals surface area (Å²) < 4.78 is 23.6. The van der Waals surface area contributed by atoms with Crippen LogP contribution in [0.4, 0.5) is 8.78 Å². The molecule has 1 nitrogen and oxygen atoms in total. The third kappa shape index (κ3) is 0.608. The standard InChI is InChI=1S/C4H6F2O/c5-3-1-4(3,6)2-7/h3,7H,1-2H2/t3-,4-/m0/s1. The van der Waals surface area contributed by atoms with Gasteiger partial charge < -0.3 is 5.11 Å². The minimum absolute atomic E-state index is 0.122. The molecule has 0 spiro atoms. The summed E-state index contributed by atoms with van der Waals surface area (Å²) in [5.74, 6) is 0. The molecule has 1 saturated carbocycles. The van der Waals surface area contributed by atoms with E-state index in [0.717, 1.165) is 0 Å². The molecule has 1 fully saturated rings. The Kier molecular flexibility index (Phi) is 0.819. The van der Waals surface area contributed by atoms with Crippen LogP contribution in [0.1, 0.15) is 6.42 Å². The van der Waals surface area contributed by atoms with Crippen molar-refractivity contribution in [1.82, 2.24) is 0 Å². The summed E-state index contributed by atoms with van der Waals surface area (Å²) in [5, 5.41) is 8.02. The van der Waals surface area contributed by atoms with Crippen LogP contribution in [0, 0.1) is 0 Å². The van der Waals surface area contributed by atoms with Crippen LogP contribution in [-0.2, 0) is 0 Å². The molecule has 0 saturated heterocycles. The van der Waals surface area contributed by atoms with Crippen molar-refractivity contribution < 1.29 is 13.9 Å². The third-order valence-electron chi connectivity index (χ3n) is 1.18. The van der Waals surface area contributed by atoms with Crippen molar-refractivity contribution >= 4 is 0 Å². The highest BCUT2D eigenvalue weighted by atomic mass is 19.2. The lowest BCUT2D eigenvalue weighted by Crippen LogP contribution is -2.09. The Morgan fingerprint density at radius 1 is 1.86 bits per heavy atom. The Labute approximate surface area is 40.0 Å². The van der Waals surface area contributed by atoms with E-state index >= 15 is 0 Å². The van der Waals surface area contributed by atoms with Crippen molar-refractivity contribution in [2.24, 2.45) is 0 Å². The zero-order valence-corrected chi connectivity index (χ0v) is 3.69. The smallest absolute Gasteiger partial charge is 0.167 e. The van der Waals surface area contributed by atoms with Gasteiger partial charge in [-0.3, -0.25) is 0 Å². The fraction of sp³-hybridized carbons (Fsp3) is 1.00. The lowest BCUT2D eigenvalue weighted by molar-refractivity contribution is 0.135. The van der Waals surface area contributed by atoms with Crippen LogP contribution in [-0.4, -0.2) is 23.6 Å². The molecule has 2 atom stereocenters. The van der Waals surface area contributed by atoms with Crippen LogP contribution in [0.2, 0.25) is 0 Å². The molecule has 1 N–H and O–H groups in total. The van der Waals surface area contributed by atoms with E-state index < -0.39 is 18.4 Å². The van der Waals surface area contributed by atoms with Crippen LogP contribution in [0.15, 0.2) is 0 Å². The summed E-state index contributed by atoms with van der Waals surface area (Å²) in [7, 11) is 0. The van der Waals surface area contributed by atoms with E-state index in [4.69, 9.17) is 5.11 Å². The monoisotopic (exact) mass is 108 g/mol. The largest absolute Gasteiger partial charge is 0.393 e. The quantitative estimate of drug-likeness (QED) is 0.516. The first-order chi connectivity index (χ1) is 3.19. The molecule has 7 heavy (non-hydrogen) atoms. The summed E-state index contributed by atoms with van der Waals surface area (Å²) in [6, 6.07) is 0. The summed E-state index contributed by atoms with van der Waals surface area (Å²) in [4.78, 5) is 0. The Hall–Kier alpha value is -0.180. The van der Waals surface area contributed by atoms with Gasteiger partial charge in [-0.1, -0.05) is 0 Å². The number of hydrogen-bond acceptors (Lipinski definition) is 1. The van der Waals surface area contributed by atoms with Crippen molar-refractivity contribution in [2.45, 2.75) is 18.3 Å². The van der Waals surface area contributed by atoms with E-state index in [-0.39, 0.29) is 6.42 Å². The van der Waals surface area contributed by atoms with Gasteiger partial charge in [0.25, 0.3) is 0 Å². The molecule has 0 unspecified atom stereocenters. The van der Waals surface area contributed by atoms with E-state index in [1.165, 1.54) is 0 Å². The highest BCUT2D eigenvalue weighted by Crippen LogP contribution is 2.42. The van der Waals surface area contributed by atoms with Crippen molar-refractivity contribution in [3.63, 3.8) is 0 Å². The van der Waals surface area contributed by atoms with Gasteiger partial charge in [0.05, 0.1) is 6.61 Å². The second-order valence-electron chi connectivity index (χ2n) is 1.86. The number of aliphatic hydroxyl groups excluding tert-OH is 1. The van der Waals surface area contributed by atoms with Gasteiger partial charge in [0.2, 0.25) is 0 Å². The summed E-state index contributed by atoms with van der Waals surface area (Å²) in [6.07, 6.45) is -1.53. The van der Waals surface area contributed by atoms with Crippen LogP contribution in [0.3, 0.4) is 0 Å². The molecular weight excluding hydrogens is 102 g/mol. The van der Waals surface area contributed by atoms with Gasteiger partial charge in [0, 0.05) is 6.42 Å². The second kappa shape index (κ2) is 1.15. The molecule has 1 aliphatic rings. The maximum atomic E-state index is 12.0. The third-order valence-corrected chi connectivity index (χ3v) is 1.18. The molecule has 0 heterocycles. The topological polar surface area (TPSA) is 20.2 Å². The number of halogens is 2. The van der Waals surface area contributed by atoms with Gasteiger partial charge in [-0.25, -0.2) is 8.78 Å². The van der Waals surface area contributed by atoms with Gasteiger partial charge in [-0.05, 0) is 0 Å². The summed E-state index contributed by atoms with van der Waals surface area (Å²) in [6.45, 7) is -0.672. The Balaban J connectivity index is 2.36. The normalized spacial score (nSPS) is 49.3. The number of hydrogen-bond donors (Lipinski definition) is 1. The molecule has 0 aliphatic heterocycles. The van der Waals surface area contributed by atoms with Crippen LogP contribution in [0.5, 0.6) is 0 Å². The fourth-order valence-corrected chi connectivity index (χ4v) is 0.403. The Bertz CT molecular complexity index is 81.8. The summed E-state index contributed by atoms with van der Waals surface area (Å²) in [5.41, 5.74) is -1.86. The molecule has 1 rings (SSSR count). The zero-order chi connectivity index (χ0) is 5.49. The fourth-order valence-electron chi connectivity index (χ4n) is 0.403. The molecule has 42 valence electrons. The average molecular weight is 108 g/mol. The first kappa shape index (κ1) is 4.97. The lowest BCUT2D eigenvalue weighted by atomic mass is 10.4. The zero-order valence-electron chi connectivity index (χ0n) is 3.69. The molecule has 0 aromatic heterocycles. The molecule has 0 amide bonds. The molecule has 3 heteroatoms. The van der Waals surface area contributed by atoms with Crippen LogP contribution < -0.4 is 0 Å². The second-order valence-corrected chi connectivity index (χ2v) is 1.86. The maximum Gasteiger partial charge on any atom is 0.167 e. The number of alkyl halides is 2. The predicted molar refractivity (Wildman–Crippen MR) is 20.4 cm³/mol. The van der Waals surface area contributed by atoms with Gasteiger partial charge >= 0.3 is 0 Å². The minimum atomic E-state index is -1.86. The van der Waals surface area contributed by atoms with E-state index in [1.54, 1.807) is 0 Å². The molecule has 0 bridgehead atoms. The average Bonchev–Trinajstić information content (AvgIpc) is 2.18. The molecule has 0 radical (unpaired) electrons. The van der Waals surface area contributed by atoms with Crippen LogP contribution >= 0.6 is 0 Å². The Morgan fingerprint density at radius 2 is 2.29 bits per heavy atom. The van der Waals surface area contributed by atoms with Crippen molar-refractivity contribution in [2.75, 3.05) is 6.61 Å². The molecule has 0 aromatic rings. The SMILES string of the molecule is OC[C@@]1(F)C[C@@H]1F. The van der Waals surface area contributed by atoms with Gasteiger partial charge in [-0.15, -0.1) is 0 Å². The maximum absolute atomic E-state index is 12.0. The first-order valence-electron chi connectivity index (χ1n) is 2.13. The highest BCUT2D eigenvalue weighted by Gasteiger charge is 2.56. The highest BCUT2D eigenvalue weighted by molar-refractivity contribution is 5.04. The van der Waals surface area contributed by atoms with Crippen molar-refractivity contribution in [1.29, 1.82) is 0 Å². The van der Waals surface area contributed by atoms with E-state index in [2.05, 4.69) is 0 Å². The predicted octanol–water partition coefficient (Wildman–Crippen LogP) is 0.429. The molecular formula is C4H6F2O. The minimum Gasteiger partial charge on any atom is -0.393 e. The Morgan fingerprint density at radius 3 is 2.29 bits per heavy atom. The van der Waals surface area contributed by atoms with Gasteiger partial charge in [0.15, 0.2) is 5.67 Å². The lowest BCUT2D eigenvalue weighted by Gasteiger charge is -1.92. The molecule has 1 aliphatic carbocycles. The van der Waals surface area contributed by atoms with E-state index in [9.17, 15) is 8.78 Å². The van der Waals surface area contributed by atoms with E-state index in [1.807, 2.05) is 0 Å². The summed E-state index contributed by atoms with van der Waals surface area (Å²) >= 11 is 0. The first-order valence-corrected chi connectivity index (χ1v) is 2.13. The van der Waals surface area contributed by atoms with Gasteiger partial charge in [0.1, 0.15) is 6.17 Å². The number of aliphatic hydroxyl groups is 1. The van der Waals surface area contributed by atoms with Gasteiger partial charge in [-0.2, -0.15) is 0 Å². The van der Waals surface area contributed by atoms with E-state index in [0.29, 0.717) is 0 Å². The van der Waals surface area contributed by atoms with Crippen molar-refractivity contribution in [3.8, 4) is 0 Å². The molecule has 0 aromatic carbocycles. The number of rotatable bonds is 1. The van der Waals surface area contributed by atoms with Crippen molar-refractivity contribution in [3.05, 3.63) is 0 Å². The van der Waals surface area contributed by atoms with Crippen LogP contribution in [0.25, 0.3) is 0 Å².